The van der Waals surface area contributed by atoms with E-state index in [-0.39, 0.29) is 126 Å². The SMILES string of the molecule is CC[C@H](C)[C@@H]([C@@H](CC(=O)N1CCC[C@H]1[C@H](OC)[C@@H](C)C(=O)C[C@H](C)[C@@H](O)c1ccccc1)OC)N(C)C(=O)[C@@H](NC(=O)[C@H](C(C)C)N(C)C(=O)OCc1ccc(NC(=O)[C@H](CCCNC(N)=O)NC(=O)[C@@H](NC(=O)CCSSC(C)(C)CC(=O)CN=C(C)c2ccc(OCCCC(=O)ON3C(=O)CCC3=O)cc2O)C(C)C)cc1)C(C)C. The number of likely N-dealkylation sites (tertiary alicyclic amines) is 1. The van der Waals surface area contributed by atoms with Crippen LogP contribution in [0.4, 0.5) is 15.3 Å². The predicted octanol–water partition coefficient (Wildman–Crippen LogP) is 9.17. The highest BCUT2D eigenvalue weighted by Gasteiger charge is 2.45. The fraction of sp³-hybridized carbons (Fsp3) is 0.619. The Morgan fingerprint density at radius 2 is 1.42 bits per heavy atom. The monoisotopic (exact) mass is 1670 g/mol. The molecule has 33 heteroatoms. The maximum atomic E-state index is 14.9. The van der Waals surface area contributed by atoms with E-state index in [2.05, 4.69) is 31.6 Å². The number of Topliss-reactive ketones (excluding diaryl/α,β-unsaturated/α-hetero) is 2. The average Bonchev–Trinajstić information content (AvgIpc) is 1.79. The lowest BCUT2D eigenvalue weighted by atomic mass is 9.85. The number of carbonyl (C=O) groups excluding carboxylic acids is 13. The number of methoxy groups -OCH3 is 2. The molecule has 0 radical (unpaired) electrons. The number of nitrogens with one attached hydrogen (secondary N) is 5. The molecule has 2 fully saturated rings. The fourth-order valence-electron chi connectivity index (χ4n) is 14.2. The van der Waals surface area contributed by atoms with Crippen LogP contribution in [0.1, 0.15) is 196 Å². The number of nitrogens with two attached hydrogens (primary N) is 1. The van der Waals surface area contributed by atoms with E-state index in [1.807, 2.05) is 65.0 Å². The number of rotatable bonds is 49. The van der Waals surface area contributed by atoms with Gasteiger partial charge < -0.3 is 76.1 Å². The van der Waals surface area contributed by atoms with Crippen molar-refractivity contribution in [3.8, 4) is 11.5 Å². The van der Waals surface area contributed by atoms with Crippen LogP contribution >= 0.6 is 21.6 Å². The molecule has 3 aromatic rings. The van der Waals surface area contributed by atoms with Gasteiger partial charge in [-0.25, -0.2) is 14.4 Å². The van der Waals surface area contributed by atoms with Crippen LogP contribution in [-0.4, -0.2) is 226 Å². The number of ether oxygens (including phenoxy) is 4. The lowest BCUT2D eigenvalue weighted by Gasteiger charge is -2.41. The number of aromatic hydroxyl groups is 1. The molecule has 0 aliphatic carbocycles. The second-order valence-corrected chi connectivity index (χ2v) is 35.0. The first kappa shape index (κ1) is 98.4. The Bertz CT molecular complexity index is 3870. The second-order valence-electron chi connectivity index (χ2n) is 31.9. The van der Waals surface area contributed by atoms with E-state index in [1.165, 1.54) is 53.8 Å². The van der Waals surface area contributed by atoms with E-state index in [0.717, 1.165) is 5.56 Å². The summed E-state index contributed by atoms with van der Waals surface area (Å²) in [5.74, 6) is -7.03. The largest absolute Gasteiger partial charge is 0.507 e. The number of hydrogen-bond acceptors (Lipinski definition) is 23. The third kappa shape index (κ3) is 30.6. The minimum Gasteiger partial charge on any atom is -0.507 e. The minimum atomic E-state index is -1.15. The maximum absolute atomic E-state index is 14.9. The number of aliphatic hydroxyl groups is 1. The van der Waals surface area contributed by atoms with E-state index in [1.54, 1.807) is 109 Å². The molecule has 0 spiro atoms. The van der Waals surface area contributed by atoms with Crippen molar-refractivity contribution in [3.05, 3.63) is 89.5 Å². The molecule has 2 heterocycles. The van der Waals surface area contributed by atoms with Gasteiger partial charge in [0.25, 0.3) is 11.8 Å². The normalized spacial score (nSPS) is 16.7. The van der Waals surface area contributed by atoms with Crippen molar-refractivity contribution in [1.29, 1.82) is 0 Å². The zero-order valence-corrected chi connectivity index (χ0v) is 72.5. The molecule has 2 saturated heterocycles. The maximum Gasteiger partial charge on any atom is 0.410 e. The van der Waals surface area contributed by atoms with E-state index in [4.69, 9.17) is 29.5 Å². The third-order valence-corrected chi connectivity index (χ3v) is 24.3. The molecule has 5 rings (SSSR count). The van der Waals surface area contributed by atoms with Gasteiger partial charge in [-0.1, -0.05) is 140 Å². The summed E-state index contributed by atoms with van der Waals surface area (Å²) in [6, 6.07) is 13.9. The number of nitrogens with zero attached hydrogens (tertiary/aromatic N) is 5. The van der Waals surface area contributed by atoms with Gasteiger partial charge in [0.05, 0.1) is 56.4 Å². The Balaban J connectivity index is 1.11. The topological polar surface area (TPSA) is 420 Å². The molecule has 117 heavy (non-hydrogen) atoms. The van der Waals surface area contributed by atoms with Crippen molar-refractivity contribution in [2.45, 2.75) is 239 Å². The van der Waals surface area contributed by atoms with Crippen LogP contribution in [0.5, 0.6) is 11.5 Å². The number of phenolic OH excluding ortho intramolecular Hbond substituents is 1. The number of phenols is 1. The summed E-state index contributed by atoms with van der Waals surface area (Å²) in [7, 11) is 8.90. The highest BCUT2D eigenvalue weighted by atomic mass is 33.1. The van der Waals surface area contributed by atoms with Crippen LogP contribution in [-0.2, 0) is 78.4 Å². The Morgan fingerprint density at radius 1 is 0.761 bits per heavy atom. The second kappa shape index (κ2) is 48.0. The first-order valence-electron chi connectivity index (χ1n) is 40.2. The Hall–Kier alpha value is -9.18. The van der Waals surface area contributed by atoms with Crippen molar-refractivity contribution in [3.63, 3.8) is 0 Å². The van der Waals surface area contributed by atoms with Crippen LogP contribution in [0.15, 0.2) is 77.8 Å². The van der Waals surface area contributed by atoms with Crippen molar-refractivity contribution in [1.82, 2.24) is 41.0 Å². The van der Waals surface area contributed by atoms with Crippen molar-refractivity contribution >= 4 is 110 Å². The minimum absolute atomic E-state index is 0.0112. The molecule has 2 aliphatic rings. The van der Waals surface area contributed by atoms with Crippen molar-refractivity contribution in [2.75, 3.05) is 65.6 Å². The van der Waals surface area contributed by atoms with Crippen LogP contribution in [0.3, 0.4) is 0 Å². The molecule has 648 valence electrons. The van der Waals surface area contributed by atoms with Gasteiger partial charge in [0.1, 0.15) is 48.1 Å². The molecule has 2 aliphatic heterocycles. The number of aliphatic hydroxyl groups excluding tert-OH is 1. The van der Waals surface area contributed by atoms with Gasteiger partial charge in [0.2, 0.25) is 35.4 Å². The molecule has 0 unspecified atom stereocenters. The highest BCUT2D eigenvalue weighted by molar-refractivity contribution is 8.77. The van der Waals surface area contributed by atoms with Crippen molar-refractivity contribution in [2.24, 2.45) is 46.2 Å². The van der Waals surface area contributed by atoms with Gasteiger partial charge in [0.15, 0.2) is 5.78 Å². The summed E-state index contributed by atoms with van der Waals surface area (Å²) >= 11 is 0. The first-order chi connectivity index (χ1) is 55.2. The van der Waals surface area contributed by atoms with Gasteiger partial charge >= 0.3 is 18.1 Å². The molecule has 31 nitrogen and oxygen atoms in total. The Morgan fingerprint density at radius 3 is 2.02 bits per heavy atom. The molecular weight excluding hydrogens is 1550 g/mol. The summed E-state index contributed by atoms with van der Waals surface area (Å²) in [5, 5.41) is 36.1. The number of hydroxylamine groups is 2. The number of anilines is 1. The highest BCUT2D eigenvalue weighted by Crippen LogP contribution is 2.39. The number of urea groups is 1. The number of amides is 11. The number of benzene rings is 3. The zero-order chi connectivity index (χ0) is 87.1. The molecule has 9 N–H and O–H groups in total. The van der Waals surface area contributed by atoms with Gasteiger partial charge in [0, 0.05) is 113 Å². The number of hydrogen-bond donors (Lipinski definition) is 8. The third-order valence-electron chi connectivity index (χ3n) is 21.0. The van der Waals surface area contributed by atoms with E-state index < -0.39 is 142 Å². The summed E-state index contributed by atoms with van der Waals surface area (Å²) in [5.41, 5.74) is 7.64. The zero-order valence-electron chi connectivity index (χ0n) is 70.9. The lowest BCUT2D eigenvalue weighted by molar-refractivity contribution is -0.197. The predicted molar refractivity (Wildman–Crippen MR) is 446 cm³/mol. The van der Waals surface area contributed by atoms with E-state index in [9.17, 15) is 72.5 Å². The summed E-state index contributed by atoms with van der Waals surface area (Å²) < 4.78 is 22.9. The van der Waals surface area contributed by atoms with Gasteiger partial charge in [-0.2, -0.15) is 0 Å². The molecule has 11 amide bonds. The number of primary amides is 1. The van der Waals surface area contributed by atoms with Crippen LogP contribution in [0.25, 0.3) is 0 Å². The van der Waals surface area contributed by atoms with Gasteiger partial charge in [-0.05, 0) is 118 Å². The summed E-state index contributed by atoms with van der Waals surface area (Å²) in [6.07, 6.45) is -0.628. The molecule has 12 atom stereocenters. The quantitative estimate of drug-likeness (QED) is 0.0113. The fourth-order valence-corrected chi connectivity index (χ4v) is 16.8. The molecule has 3 aromatic carbocycles. The van der Waals surface area contributed by atoms with Gasteiger partial charge in [-0.15, -0.1) is 5.06 Å². The van der Waals surface area contributed by atoms with Crippen LogP contribution in [0.2, 0.25) is 0 Å². The smallest absolute Gasteiger partial charge is 0.410 e. The number of carbonyl (C=O) groups is 13. The summed E-state index contributed by atoms with van der Waals surface area (Å²) in [4.78, 5) is 187. The van der Waals surface area contributed by atoms with Crippen molar-refractivity contribution < 1.29 is 96.3 Å². The molecule has 0 aromatic heterocycles. The molecule has 0 bridgehead atoms. The number of likely N-dealkylation sites (N-methyl/N-ethyl adjacent to an activating group) is 2. The summed E-state index contributed by atoms with van der Waals surface area (Å²) in [6.45, 7) is 23.8. The average molecular weight is 1670 g/mol. The Kier molecular flexibility index (Phi) is 40.4. The number of aliphatic imine (C=N–C) groups is 1. The molecule has 0 saturated carbocycles. The van der Waals surface area contributed by atoms with E-state index in [0.29, 0.717) is 64.9 Å². The van der Waals surface area contributed by atoms with E-state index >= 15 is 0 Å². The van der Waals surface area contributed by atoms with Crippen LogP contribution < -0.4 is 37.1 Å². The molecular formula is C84H125N11O20S2. The first-order valence-corrected chi connectivity index (χ1v) is 42.5. The lowest BCUT2D eigenvalue weighted by Crippen LogP contribution is -2.60. The van der Waals surface area contributed by atoms with Gasteiger partial charge in [-0.3, -0.25) is 57.8 Å². The standard InChI is InChI=1S/C84H125N11O20S2/c1-18-52(8)75(66(111-16)45-70(102)94-40-23-28-63(94)77(112-17)54(10)64(97)43-53(9)76(104)57-25-20-19-21-26-57)92(14)81(108)73(50(4)5)91-80(107)74(51(6)7)93(15)83(110)114-48-56-30-32-58(33-31-56)88-78(105)62(27-22-39-86-82(85)109)89-79(106)72(49(2)3)90-67(99)38-42-116-117-84(12,13)46-59(96)47-87-55(11)61-35-34-60(44-65(61)98)113-41-24-29-71(103)115-95-68(100)36-37-69(95)101/h19-21,25-26,30-35,44,49-54,62-63,66,72-77,98,104H,18,22-24,27-29,36-43,45-48H2,1-17H3,(H,88,105)(H,89,106)(H,90,99)(H,91,107)(H3,85,86,109)/t52-,53-,54-,62-,63-,66+,72-,73-,74-,75-,76+,77+/m0/s1. The Labute approximate surface area is 696 Å². The number of imide groups is 1. The van der Waals surface area contributed by atoms with Crippen LogP contribution in [0, 0.1) is 35.5 Å². The number of ketones is 2.